The Morgan fingerprint density at radius 1 is 0.962 bits per heavy atom. The molecule has 2 aromatic carbocycles. The van der Waals surface area contributed by atoms with E-state index in [0.29, 0.717) is 5.69 Å². The van der Waals surface area contributed by atoms with E-state index in [-0.39, 0.29) is 11.9 Å². The van der Waals surface area contributed by atoms with E-state index >= 15 is 0 Å². The summed E-state index contributed by atoms with van der Waals surface area (Å²) in [7, 11) is 0. The molecule has 0 saturated carbocycles. The van der Waals surface area contributed by atoms with Crippen molar-refractivity contribution >= 4 is 38.4 Å². The fourth-order valence-electron chi connectivity index (χ4n) is 3.63. The summed E-state index contributed by atoms with van der Waals surface area (Å²) >= 11 is 1.69. The average molecular weight is 359 g/mol. The SMILES string of the molecule is O=C(c1ccc2ccccc2n1)N1CCC[C@H]1c1nc2ccccc2s1. The Bertz CT molecular complexity index is 1090. The lowest BCUT2D eigenvalue weighted by Gasteiger charge is -2.22. The van der Waals surface area contributed by atoms with Gasteiger partial charge in [-0.3, -0.25) is 4.79 Å². The molecule has 2 aromatic heterocycles. The number of likely N-dealkylation sites (tertiary alicyclic amines) is 1. The van der Waals surface area contributed by atoms with Gasteiger partial charge in [0.25, 0.3) is 5.91 Å². The van der Waals surface area contributed by atoms with Crippen LogP contribution in [0, 0.1) is 0 Å². The highest BCUT2D eigenvalue weighted by atomic mass is 32.1. The third kappa shape index (κ3) is 2.56. The summed E-state index contributed by atoms with van der Waals surface area (Å²) < 4.78 is 1.17. The van der Waals surface area contributed by atoms with E-state index in [1.54, 1.807) is 11.3 Å². The molecule has 5 heteroatoms. The third-order valence-corrected chi connectivity index (χ3v) is 6.06. The second-order valence-electron chi connectivity index (χ2n) is 6.57. The van der Waals surface area contributed by atoms with Gasteiger partial charge in [-0.15, -0.1) is 11.3 Å². The Labute approximate surface area is 155 Å². The van der Waals surface area contributed by atoms with Crippen molar-refractivity contribution in [2.45, 2.75) is 18.9 Å². The number of hydrogen-bond acceptors (Lipinski definition) is 4. The second-order valence-corrected chi connectivity index (χ2v) is 7.63. The van der Waals surface area contributed by atoms with Crippen molar-refractivity contribution < 1.29 is 4.79 Å². The van der Waals surface area contributed by atoms with E-state index in [1.807, 2.05) is 59.5 Å². The standard InChI is InChI=1S/C21H17N3OS/c25-21(17-12-11-14-6-1-2-7-15(14)22-17)24-13-5-9-18(24)20-23-16-8-3-4-10-19(16)26-20/h1-4,6-8,10-12,18H,5,9,13H2/t18-/m0/s1. The molecule has 4 nitrogen and oxygen atoms in total. The predicted octanol–water partition coefficient (Wildman–Crippen LogP) is 4.82. The van der Waals surface area contributed by atoms with Gasteiger partial charge in [0.1, 0.15) is 10.7 Å². The molecule has 0 spiro atoms. The molecule has 0 N–H and O–H groups in total. The van der Waals surface area contributed by atoms with Gasteiger partial charge in [0, 0.05) is 11.9 Å². The Balaban J connectivity index is 1.49. The van der Waals surface area contributed by atoms with Crippen molar-refractivity contribution in [1.29, 1.82) is 0 Å². The van der Waals surface area contributed by atoms with Gasteiger partial charge in [-0.25, -0.2) is 9.97 Å². The number of carbonyl (C=O) groups excluding carboxylic acids is 1. The number of aromatic nitrogens is 2. The molecule has 1 amide bonds. The average Bonchev–Trinajstić information content (AvgIpc) is 3.33. The zero-order valence-electron chi connectivity index (χ0n) is 14.1. The Hall–Kier alpha value is -2.79. The lowest BCUT2D eigenvalue weighted by Crippen LogP contribution is -2.31. The molecule has 1 aliphatic rings. The second kappa shape index (κ2) is 6.18. The molecule has 26 heavy (non-hydrogen) atoms. The fraction of sp³-hybridized carbons (Fsp3) is 0.190. The van der Waals surface area contributed by atoms with E-state index in [0.717, 1.165) is 40.8 Å². The minimum absolute atomic E-state index is 0.00231. The molecule has 3 heterocycles. The normalized spacial score (nSPS) is 17.2. The van der Waals surface area contributed by atoms with Crippen LogP contribution in [0.4, 0.5) is 0 Å². The van der Waals surface area contributed by atoms with Crippen LogP contribution in [0.5, 0.6) is 0 Å². The summed E-state index contributed by atoms with van der Waals surface area (Å²) in [6, 6.07) is 19.9. The van der Waals surface area contributed by atoms with Gasteiger partial charge in [0.05, 0.1) is 21.8 Å². The maximum absolute atomic E-state index is 13.1. The molecule has 1 saturated heterocycles. The van der Waals surface area contributed by atoms with E-state index in [4.69, 9.17) is 4.98 Å². The summed E-state index contributed by atoms with van der Waals surface area (Å²) in [6.07, 6.45) is 1.96. The van der Waals surface area contributed by atoms with Gasteiger partial charge in [-0.1, -0.05) is 36.4 Å². The van der Waals surface area contributed by atoms with Crippen LogP contribution in [0.2, 0.25) is 0 Å². The smallest absolute Gasteiger partial charge is 0.273 e. The molecule has 128 valence electrons. The minimum atomic E-state index is -0.00231. The zero-order valence-corrected chi connectivity index (χ0v) is 14.9. The van der Waals surface area contributed by atoms with Gasteiger partial charge >= 0.3 is 0 Å². The first-order valence-corrected chi connectivity index (χ1v) is 9.63. The highest BCUT2D eigenvalue weighted by Crippen LogP contribution is 2.37. The number of fused-ring (bicyclic) bond motifs is 2. The number of para-hydroxylation sites is 2. The first-order valence-electron chi connectivity index (χ1n) is 8.82. The summed E-state index contributed by atoms with van der Waals surface area (Å²) in [5, 5.41) is 2.08. The fourth-order valence-corrected chi connectivity index (χ4v) is 4.75. The number of carbonyl (C=O) groups is 1. The molecule has 0 bridgehead atoms. The molecule has 0 unspecified atom stereocenters. The Kier molecular flexibility index (Phi) is 3.68. The highest BCUT2D eigenvalue weighted by Gasteiger charge is 2.33. The van der Waals surface area contributed by atoms with Crippen LogP contribution < -0.4 is 0 Å². The highest BCUT2D eigenvalue weighted by molar-refractivity contribution is 7.18. The molecule has 5 rings (SSSR count). The van der Waals surface area contributed by atoms with E-state index in [1.165, 1.54) is 4.70 Å². The lowest BCUT2D eigenvalue weighted by molar-refractivity contribution is 0.0730. The van der Waals surface area contributed by atoms with Crippen molar-refractivity contribution in [2.75, 3.05) is 6.54 Å². The number of hydrogen-bond donors (Lipinski definition) is 0. The molecule has 0 aliphatic carbocycles. The number of nitrogens with zero attached hydrogens (tertiary/aromatic N) is 3. The molecular weight excluding hydrogens is 342 g/mol. The van der Waals surface area contributed by atoms with Crippen LogP contribution in [0.25, 0.3) is 21.1 Å². The van der Waals surface area contributed by atoms with Gasteiger partial charge in [-0.05, 0) is 37.1 Å². The first-order chi connectivity index (χ1) is 12.8. The van der Waals surface area contributed by atoms with Crippen molar-refractivity contribution in [2.24, 2.45) is 0 Å². The topological polar surface area (TPSA) is 46.1 Å². The minimum Gasteiger partial charge on any atom is -0.328 e. The number of pyridine rings is 1. The lowest BCUT2D eigenvalue weighted by atomic mass is 10.2. The van der Waals surface area contributed by atoms with Crippen molar-refractivity contribution in [3.05, 3.63) is 71.4 Å². The Morgan fingerprint density at radius 2 is 1.77 bits per heavy atom. The number of thiazole rings is 1. The van der Waals surface area contributed by atoms with Crippen molar-refractivity contribution in [3.63, 3.8) is 0 Å². The van der Waals surface area contributed by atoms with Gasteiger partial charge < -0.3 is 4.90 Å². The molecule has 4 aromatic rings. The van der Waals surface area contributed by atoms with Crippen LogP contribution in [-0.2, 0) is 0 Å². The van der Waals surface area contributed by atoms with Gasteiger partial charge in [0.2, 0.25) is 0 Å². The third-order valence-electron chi connectivity index (χ3n) is 4.93. The number of benzene rings is 2. The van der Waals surface area contributed by atoms with Crippen LogP contribution >= 0.6 is 11.3 Å². The maximum atomic E-state index is 13.1. The number of rotatable bonds is 2. The van der Waals surface area contributed by atoms with Crippen LogP contribution in [0.3, 0.4) is 0 Å². The molecule has 1 aliphatic heterocycles. The summed E-state index contributed by atoms with van der Waals surface area (Å²) in [6.45, 7) is 0.758. The molecule has 1 atom stereocenters. The van der Waals surface area contributed by atoms with Gasteiger partial charge in [0.15, 0.2) is 0 Å². The van der Waals surface area contributed by atoms with E-state index in [9.17, 15) is 4.79 Å². The Morgan fingerprint density at radius 3 is 2.65 bits per heavy atom. The quantitative estimate of drug-likeness (QED) is 0.515. The van der Waals surface area contributed by atoms with E-state index < -0.39 is 0 Å². The van der Waals surface area contributed by atoms with Crippen molar-refractivity contribution in [1.82, 2.24) is 14.9 Å². The first kappa shape index (κ1) is 15.5. The number of amides is 1. The molecule has 1 fully saturated rings. The maximum Gasteiger partial charge on any atom is 0.273 e. The molecular formula is C21H17N3OS. The van der Waals surface area contributed by atoms with Crippen molar-refractivity contribution in [3.8, 4) is 0 Å². The summed E-state index contributed by atoms with van der Waals surface area (Å²) in [5.74, 6) is -0.00231. The largest absolute Gasteiger partial charge is 0.328 e. The van der Waals surface area contributed by atoms with Crippen LogP contribution in [0.15, 0.2) is 60.7 Å². The monoisotopic (exact) mass is 359 g/mol. The van der Waals surface area contributed by atoms with E-state index in [2.05, 4.69) is 11.1 Å². The molecule has 0 radical (unpaired) electrons. The predicted molar refractivity (Wildman–Crippen MR) is 104 cm³/mol. The zero-order chi connectivity index (χ0) is 17.5. The van der Waals surface area contributed by atoms with Crippen LogP contribution in [-0.4, -0.2) is 27.3 Å². The summed E-state index contributed by atoms with van der Waals surface area (Å²) in [4.78, 5) is 24.4. The van der Waals surface area contributed by atoms with Crippen LogP contribution in [0.1, 0.15) is 34.4 Å². The van der Waals surface area contributed by atoms with Gasteiger partial charge in [-0.2, -0.15) is 0 Å². The summed E-state index contributed by atoms with van der Waals surface area (Å²) in [5.41, 5.74) is 2.38.